The topological polar surface area (TPSA) is 70.2 Å². The second-order valence-electron chi connectivity index (χ2n) is 5.12. The Bertz CT molecular complexity index is 580. The molecule has 0 amide bonds. The summed E-state index contributed by atoms with van der Waals surface area (Å²) in [7, 11) is 0. The van der Waals surface area contributed by atoms with Gasteiger partial charge in [0.25, 0.3) is 5.69 Å². The van der Waals surface area contributed by atoms with Crippen molar-refractivity contribution < 1.29 is 4.92 Å². The molecular formula is C14H16BrN3O2S. The van der Waals surface area contributed by atoms with Crippen LogP contribution in [0.1, 0.15) is 18.4 Å². The van der Waals surface area contributed by atoms with E-state index in [0.717, 1.165) is 31.5 Å². The Labute approximate surface area is 136 Å². The van der Waals surface area contributed by atoms with Crippen molar-refractivity contribution in [2.24, 2.45) is 0 Å². The second kappa shape index (κ2) is 6.77. The molecular weight excluding hydrogens is 354 g/mol. The molecule has 2 rings (SSSR count). The normalized spacial score (nSPS) is 18.1. The van der Waals surface area contributed by atoms with Crippen LogP contribution in [0, 0.1) is 21.4 Å². The van der Waals surface area contributed by atoms with Crippen LogP contribution in [0.4, 0.5) is 5.69 Å². The molecule has 1 aliphatic rings. The maximum absolute atomic E-state index is 11.1. The van der Waals surface area contributed by atoms with Crippen molar-refractivity contribution in [3.05, 3.63) is 38.3 Å². The first-order valence-electron chi connectivity index (χ1n) is 6.61. The third-order valence-electron chi connectivity index (χ3n) is 3.90. The van der Waals surface area contributed by atoms with E-state index in [2.05, 4.69) is 26.9 Å². The van der Waals surface area contributed by atoms with Crippen LogP contribution in [0.5, 0.6) is 0 Å². The molecule has 0 bridgehead atoms. The molecule has 7 heteroatoms. The summed E-state index contributed by atoms with van der Waals surface area (Å²) in [6, 6.07) is 7.57. The van der Waals surface area contributed by atoms with Crippen molar-refractivity contribution in [2.45, 2.75) is 24.1 Å². The third-order valence-corrected chi connectivity index (χ3v) is 5.67. The number of nitriles is 1. The molecule has 0 atom stereocenters. The van der Waals surface area contributed by atoms with Gasteiger partial charge < -0.3 is 0 Å². The van der Waals surface area contributed by atoms with Crippen LogP contribution in [0.15, 0.2) is 22.7 Å². The maximum atomic E-state index is 11.1. The van der Waals surface area contributed by atoms with Gasteiger partial charge in [-0.3, -0.25) is 15.0 Å². The van der Waals surface area contributed by atoms with Gasteiger partial charge in [-0.15, -0.1) is 11.8 Å². The lowest BCUT2D eigenvalue weighted by atomic mass is 9.97. The minimum absolute atomic E-state index is 0.145. The fourth-order valence-electron chi connectivity index (χ4n) is 2.52. The number of piperidine rings is 1. The molecule has 1 heterocycles. The number of benzene rings is 1. The summed E-state index contributed by atoms with van der Waals surface area (Å²) in [6.45, 7) is 2.14. The Morgan fingerprint density at radius 3 is 2.71 bits per heavy atom. The first-order chi connectivity index (χ1) is 9.99. The van der Waals surface area contributed by atoms with Crippen LogP contribution in [-0.2, 0) is 6.54 Å². The molecule has 0 radical (unpaired) electrons. The molecule has 112 valence electrons. The molecule has 1 aromatic carbocycles. The van der Waals surface area contributed by atoms with Crippen LogP contribution in [0.2, 0.25) is 0 Å². The van der Waals surface area contributed by atoms with Gasteiger partial charge in [-0.05, 0) is 31.2 Å². The molecule has 5 nitrogen and oxygen atoms in total. The van der Waals surface area contributed by atoms with Crippen LogP contribution in [0.25, 0.3) is 0 Å². The number of nitrogens with zero attached hydrogens (tertiary/aromatic N) is 3. The van der Waals surface area contributed by atoms with Gasteiger partial charge in [0.1, 0.15) is 4.75 Å². The average Bonchev–Trinajstić information content (AvgIpc) is 2.50. The molecule has 0 aliphatic carbocycles. The molecule has 0 saturated carbocycles. The molecule has 1 aromatic rings. The van der Waals surface area contributed by atoms with E-state index in [4.69, 9.17) is 0 Å². The number of nitro benzene ring substituents is 1. The average molecular weight is 370 g/mol. The molecule has 0 spiro atoms. The summed E-state index contributed by atoms with van der Waals surface area (Å²) in [5.74, 6) is 0. The standard InChI is InChI=1S/C14H16BrN3O2S/c1-21-14(10-16)4-6-17(7-5-14)9-11-2-3-12(15)8-13(11)18(19)20/h2-3,8H,4-7,9H2,1H3. The molecule has 0 N–H and O–H groups in total. The van der Waals surface area contributed by atoms with Crippen molar-refractivity contribution in [2.75, 3.05) is 19.3 Å². The van der Waals surface area contributed by atoms with E-state index in [1.165, 1.54) is 0 Å². The van der Waals surface area contributed by atoms with Crippen molar-refractivity contribution in [3.63, 3.8) is 0 Å². The van der Waals surface area contributed by atoms with Crippen LogP contribution < -0.4 is 0 Å². The van der Waals surface area contributed by atoms with Gasteiger partial charge in [0, 0.05) is 35.7 Å². The lowest BCUT2D eigenvalue weighted by Crippen LogP contribution is -2.41. The minimum atomic E-state index is -0.342. The summed E-state index contributed by atoms with van der Waals surface area (Å²) in [5.41, 5.74) is 0.864. The summed E-state index contributed by atoms with van der Waals surface area (Å²) < 4.78 is 0.421. The first-order valence-corrected chi connectivity index (χ1v) is 8.63. The Hall–Kier alpha value is -1.10. The summed E-state index contributed by atoms with van der Waals surface area (Å²) in [6.07, 6.45) is 3.57. The summed E-state index contributed by atoms with van der Waals surface area (Å²) >= 11 is 4.88. The number of likely N-dealkylation sites (tertiary alicyclic amines) is 1. The van der Waals surface area contributed by atoms with Crippen LogP contribution in [-0.4, -0.2) is 33.9 Å². The van der Waals surface area contributed by atoms with Gasteiger partial charge in [-0.2, -0.15) is 5.26 Å². The highest BCUT2D eigenvalue weighted by molar-refractivity contribution is 9.10. The first kappa shape index (κ1) is 16.3. The molecule has 1 aliphatic heterocycles. The SMILES string of the molecule is CSC1(C#N)CCN(Cc2ccc(Br)cc2[N+](=O)[O-])CC1. The minimum Gasteiger partial charge on any atom is -0.299 e. The number of rotatable bonds is 4. The number of hydrogen-bond donors (Lipinski definition) is 0. The predicted molar refractivity (Wildman–Crippen MR) is 87.2 cm³/mol. The smallest absolute Gasteiger partial charge is 0.275 e. The number of halogens is 1. The monoisotopic (exact) mass is 369 g/mol. The van der Waals surface area contributed by atoms with E-state index in [-0.39, 0.29) is 15.4 Å². The fraction of sp³-hybridized carbons (Fsp3) is 0.500. The number of hydrogen-bond acceptors (Lipinski definition) is 5. The van der Waals surface area contributed by atoms with E-state index in [0.29, 0.717) is 11.0 Å². The van der Waals surface area contributed by atoms with Crippen LogP contribution in [0.3, 0.4) is 0 Å². The van der Waals surface area contributed by atoms with E-state index in [1.54, 1.807) is 23.9 Å². The third kappa shape index (κ3) is 3.76. The van der Waals surface area contributed by atoms with Crippen LogP contribution >= 0.6 is 27.7 Å². The molecule has 21 heavy (non-hydrogen) atoms. The Morgan fingerprint density at radius 1 is 1.52 bits per heavy atom. The maximum Gasteiger partial charge on any atom is 0.275 e. The van der Waals surface area contributed by atoms with Gasteiger partial charge in [0.15, 0.2) is 0 Å². The van der Waals surface area contributed by atoms with Crippen molar-refractivity contribution in [3.8, 4) is 6.07 Å². The molecule has 1 fully saturated rings. The van der Waals surface area contributed by atoms with Crippen molar-refractivity contribution in [1.29, 1.82) is 5.26 Å². The Kier molecular flexibility index (Phi) is 5.25. The number of thioether (sulfide) groups is 1. The zero-order chi connectivity index (χ0) is 15.5. The zero-order valence-electron chi connectivity index (χ0n) is 11.7. The highest BCUT2D eigenvalue weighted by Crippen LogP contribution is 2.35. The lowest BCUT2D eigenvalue weighted by molar-refractivity contribution is -0.385. The van der Waals surface area contributed by atoms with E-state index in [1.807, 2.05) is 12.3 Å². The van der Waals surface area contributed by atoms with Crippen molar-refractivity contribution in [1.82, 2.24) is 4.90 Å². The quantitative estimate of drug-likeness (QED) is 0.599. The Morgan fingerprint density at radius 2 is 2.19 bits per heavy atom. The molecule has 0 unspecified atom stereocenters. The van der Waals surface area contributed by atoms with Crippen molar-refractivity contribution >= 4 is 33.4 Å². The van der Waals surface area contributed by atoms with E-state index in [9.17, 15) is 15.4 Å². The lowest BCUT2D eigenvalue weighted by Gasteiger charge is -2.36. The second-order valence-corrected chi connectivity index (χ2v) is 7.22. The predicted octanol–water partition coefficient (Wildman–Crippen LogP) is 3.58. The molecule has 1 saturated heterocycles. The van der Waals surface area contributed by atoms with Gasteiger partial charge in [-0.1, -0.05) is 15.9 Å². The van der Waals surface area contributed by atoms with Gasteiger partial charge in [-0.25, -0.2) is 0 Å². The van der Waals surface area contributed by atoms with Gasteiger partial charge in [0.2, 0.25) is 0 Å². The largest absolute Gasteiger partial charge is 0.299 e. The Balaban J connectivity index is 2.08. The fourth-order valence-corrected chi connectivity index (χ4v) is 3.55. The summed E-state index contributed by atoms with van der Waals surface area (Å²) in [5, 5.41) is 20.4. The van der Waals surface area contributed by atoms with E-state index < -0.39 is 0 Å². The number of nitro groups is 1. The zero-order valence-corrected chi connectivity index (χ0v) is 14.1. The van der Waals surface area contributed by atoms with E-state index >= 15 is 0 Å². The van der Waals surface area contributed by atoms with Gasteiger partial charge in [0.05, 0.1) is 11.0 Å². The highest BCUT2D eigenvalue weighted by atomic mass is 79.9. The van der Waals surface area contributed by atoms with Gasteiger partial charge >= 0.3 is 0 Å². The highest BCUT2D eigenvalue weighted by Gasteiger charge is 2.34. The molecule has 0 aromatic heterocycles. The summed E-state index contributed by atoms with van der Waals surface area (Å²) in [4.78, 5) is 13.0.